The number of hydrogen-bond acceptors (Lipinski definition) is 3. The lowest BCUT2D eigenvalue weighted by Crippen LogP contribution is -2.32. The molecule has 2 unspecified atom stereocenters. The monoisotopic (exact) mass is 325 g/mol. The molecule has 1 aliphatic rings. The first-order chi connectivity index (χ1) is 11.6. The number of pyridine rings is 1. The fourth-order valence-corrected chi connectivity index (χ4v) is 3.28. The van der Waals surface area contributed by atoms with Crippen LogP contribution in [0.25, 0.3) is 5.65 Å². The Bertz CT molecular complexity index is 908. The summed E-state index contributed by atoms with van der Waals surface area (Å²) in [5, 5.41) is 10.0. The van der Waals surface area contributed by atoms with Crippen LogP contribution in [-0.4, -0.2) is 37.9 Å². The summed E-state index contributed by atoms with van der Waals surface area (Å²) in [6.07, 6.45) is 4.95. The van der Waals surface area contributed by atoms with Crippen LogP contribution in [0.3, 0.4) is 0 Å². The lowest BCUT2D eigenvalue weighted by atomic mass is 10.0. The highest BCUT2D eigenvalue weighted by molar-refractivity contribution is 5.94. The van der Waals surface area contributed by atoms with E-state index in [-0.39, 0.29) is 24.3 Å². The Balaban J connectivity index is 1.68. The number of carbonyl (C=O) groups is 1. The summed E-state index contributed by atoms with van der Waals surface area (Å²) >= 11 is 0. The Morgan fingerprint density at radius 2 is 2.17 bits per heavy atom. The van der Waals surface area contributed by atoms with Gasteiger partial charge in [0, 0.05) is 25.1 Å². The summed E-state index contributed by atoms with van der Waals surface area (Å²) in [5.74, 6) is -0.530. The number of halogens is 1. The molecule has 5 nitrogen and oxygen atoms in total. The molecule has 1 aromatic carbocycles. The van der Waals surface area contributed by atoms with Gasteiger partial charge in [-0.15, -0.1) is 0 Å². The zero-order valence-electron chi connectivity index (χ0n) is 12.8. The van der Waals surface area contributed by atoms with Crippen LogP contribution in [0.1, 0.15) is 28.4 Å². The van der Waals surface area contributed by atoms with Crippen molar-refractivity contribution < 1.29 is 14.3 Å². The van der Waals surface area contributed by atoms with Crippen LogP contribution in [0.2, 0.25) is 0 Å². The van der Waals surface area contributed by atoms with Crippen molar-refractivity contribution in [2.24, 2.45) is 0 Å². The molecule has 24 heavy (non-hydrogen) atoms. The lowest BCUT2D eigenvalue weighted by Gasteiger charge is -2.25. The maximum Gasteiger partial charge on any atom is 0.255 e. The predicted molar refractivity (Wildman–Crippen MR) is 86.0 cm³/mol. The molecule has 0 aliphatic carbocycles. The average Bonchev–Trinajstić information content (AvgIpc) is 3.19. The summed E-state index contributed by atoms with van der Waals surface area (Å²) in [6, 6.07) is 9.35. The van der Waals surface area contributed by atoms with Crippen molar-refractivity contribution in [3.05, 3.63) is 71.9 Å². The molecule has 0 bridgehead atoms. The molecule has 0 saturated carbocycles. The number of likely N-dealkylation sites (tertiary alicyclic amines) is 1. The molecule has 3 heterocycles. The third kappa shape index (κ3) is 2.55. The smallest absolute Gasteiger partial charge is 0.255 e. The van der Waals surface area contributed by atoms with Crippen LogP contribution in [0.4, 0.5) is 4.39 Å². The summed E-state index contributed by atoms with van der Waals surface area (Å²) < 4.78 is 15.3. The molecule has 1 N–H and O–H groups in total. The van der Waals surface area contributed by atoms with Crippen molar-refractivity contribution in [2.45, 2.75) is 18.6 Å². The third-order valence-electron chi connectivity index (χ3n) is 4.41. The first-order valence-electron chi connectivity index (χ1n) is 7.79. The molecule has 6 heteroatoms. The van der Waals surface area contributed by atoms with Crippen LogP contribution in [0, 0.1) is 5.82 Å². The maximum atomic E-state index is 13.5. The summed E-state index contributed by atoms with van der Waals surface area (Å²) in [6.45, 7) is 0.238. The summed E-state index contributed by atoms with van der Waals surface area (Å²) in [4.78, 5) is 18.7. The van der Waals surface area contributed by atoms with Gasteiger partial charge in [0.2, 0.25) is 0 Å². The Morgan fingerprint density at radius 1 is 1.29 bits per heavy atom. The number of β-amino-alcohol motifs (C(OH)–C–C–N with tert-alkyl or cyclic N) is 1. The van der Waals surface area contributed by atoms with E-state index < -0.39 is 6.10 Å². The highest BCUT2D eigenvalue weighted by atomic mass is 19.1. The van der Waals surface area contributed by atoms with Gasteiger partial charge >= 0.3 is 0 Å². The van der Waals surface area contributed by atoms with Gasteiger partial charge in [0.1, 0.15) is 11.5 Å². The number of hydrogen-bond donors (Lipinski definition) is 1. The molecule has 0 spiro atoms. The Hall–Kier alpha value is -2.73. The Morgan fingerprint density at radius 3 is 3.00 bits per heavy atom. The van der Waals surface area contributed by atoms with Crippen molar-refractivity contribution in [3.8, 4) is 0 Å². The van der Waals surface area contributed by atoms with Gasteiger partial charge in [0.15, 0.2) is 0 Å². The molecule has 1 amide bonds. The number of benzene rings is 1. The van der Waals surface area contributed by atoms with E-state index in [9.17, 15) is 14.3 Å². The van der Waals surface area contributed by atoms with Crippen molar-refractivity contribution >= 4 is 11.6 Å². The number of rotatable bonds is 2. The van der Waals surface area contributed by atoms with E-state index in [2.05, 4.69) is 4.98 Å². The number of aliphatic hydroxyl groups is 1. The zero-order valence-corrected chi connectivity index (χ0v) is 12.8. The van der Waals surface area contributed by atoms with Crippen LogP contribution in [-0.2, 0) is 0 Å². The van der Waals surface area contributed by atoms with Gasteiger partial charge in [-0.3, -0.25) is 4.79 Å². The number of nitrogens with zero attached hydrogens (tertiary/aromatic N) is 3. The number of amides is 1. The fraction of sp³-hybridized carbons (Fsp3) is 0.222. The van der Waals surface area contributed by atoms with Crippen LogP contribution in [0.15, 0.2) is 55.0 Å². The highest BCUT2D eigenvalue weighted by Gasteiger charge is 2.36. The third-order valence-corrected chi connectivity index (χ3v) is 4.41. The first kappa shape index (κ1) is 14.8. The Kier molecular flexibility index (Phi) is 3.54. The standard InChI is InChI=1S/C18H16FN3O2/c19-14-3-1-2-12(8-14)16-9-15(23)11-22(16)18(24)13-4-5-17-20-6-7-21(17)10-13/h1-8,10,15-16,23H,9,11H2. The van der Waals surface area contributed by atoms with Gasteiger partial charge in [0.05, 0.1) is 17.7 Å². The maximum absolute atomic E-state index is 13.5. The van der Waals surface area contributed by atoms with Gasteiger partial charge in [-0.25, -0.2) is 9.37 Å². The molecular formula is C18H16FN3O2. The topological polar surface area (TPSA) is 57.8 Å². The molecule has 1 fully saturated rings. The van der Waals surface area contributed by atoms with Crippen molar-refractivity contribution in [1.29, 1.82) is 0 Å². The molecule has 3 aromatic rings. The average molecular weight is 325 g/mol. The summed E-state index contributed by atoms with van der Waals surface area (Å²) in [7, 11) is 0. The molecule has 0 radical (unpaired) electrons. The first-order valence-corrected chi connectivity index (χ1v) is 7.79. The van der Waals surface area contributed by atoms with E-state index in [1.807, 2.05) is 0 Å². The summed E-state index contributed by atoms with van der Waals surface area (Å²) in [5.41, 5.74) is 1.97. The minimum atomic E-state index is -0.612. The van der Waals surface area contributed by atoms with Gasteiger partial charge in [0.25, 0.3) is 5.91 Å². The lowest BCUT2D eigenvalue weighted by molar-refractivity contribution is 0.0715. The van der Waals surface area contributed by atoms with Gasteiger partial charge < -0.3 is 14.4 Å². The second-order valence-electron chi connectivity index (χ2n) is 6.03. The quantitative estimate of drug-likeness (QED) is 0.787. The number of imidazole rings is 1. The van der Waals surface area contributed by atoms with Crippen LogP contribution in [0.5, 0.6) is 0 Å². The number of fused-ring (bicyclic) bond motifs is 1. The molecule has 2 atom stereocenters. The fourth-order valence-electron chi connectivity index (χ4n) is 3.28. The normalized spacial score (nSPS) is 20.7. The minimum absolute atomic E-state index is 0.184. The molecular weight excluding hydrogens is 309 g/mol. The largest absolute Gasteiger partial charge is 0.391 e. The molecule has 1 saturated heterocycles. The number of aliphatic hydroxyl groups excluding tert-OH is 1. The van der Waals surface area contributed by atoms with Gasteiger partial charge in [-0.2, -0.15) is 0 Å². The number of carbonyl (C=O) groups excluding carboxylic acids is 1. The Labute approximate surface area is 138 Å². The second kappa shape index (κ2) is 5.72. The van der Waals surface area contributed by atoms with E-state index in [4.69, 9.17) is 0 Å². The van der Waals surface area contributed by atoms with Gasteiger partial charge in [-0.1, -0.05) is 12.1 Å². The highest BCUT2D eigenvalue weighted by Crippen LogP contribution is 2.33. The van der Waals surface area contributed by atoms with E-state index in [0.29, 0.717) is 17.5 Å². The van der Waals surface area contributed by atoms with E-state index in [1.165, 1.54) is 12.1 Å². The van der Waals surface area contributed by atoms with Crippen LogP contribution < -0.4 is 0 Å². The predicted octanol–water partition coefficient (Wildman–Crippen LogP) is 2.42. The molecule has 1 aliphatic heterocycles. The van der Waals surface area contributed by atoms with E-state index in [0.717, 1.165) is 5.65 Å². The second-order valence-corrected chi connectivity index (χ2v) is 6.03. The van der Waals surface area contributed by atoms with E-state index in [1.54, 1.807) is 52.2 Å². The van der Waals surface area contributed by atoms with Crippen molar-refractivity contribution in [3.63, 3.8) is 0 Å². The van der Waals surface area contributed by atoms with E-state index >= 15 is 0 Å². The molecule has 122 valence electrons. The van der Waals surface area contributed by atoms with Gasteiger partial charge in [-0.05, 0) is 36.2 Å². The van der Waals surface area contributed by atoms with Crippen molar-refractivity contribution in [1.82, 2.24) is 14.3 Å². The zero-order chi connectivity index (χ0) is 16.7. The number of aromatic nitrogens is 2. The minimum Gasteiger partial charge on any atom is -0.391 e. The van der Waals surface area contributed by atoms with Crippen LogP contribution >= 0.6 is 0 Å². The van der Waals surface area contributed by atoms with Crippen molar-refractivity contribution in [2.75, 3.05) is 6.54 Å². The molecule has 2 aromatic heterocycles. The SMILES string of the molecule is O=C(c1ccc2nccn2c1)N1CC(O)CC1c1cccc(F)c1. The molecule has 4 rings (SSSR count).